The van der Waals surface area contributed by atoms with Crippen LogP contribution in [0.15, 0.2) is 35.2 Å². The average Bonchev–Trinajstić information content (AvgIpc) is 2.92. The standard InChI is InChI=1S/C13H14N2O2/c14-11-3-9-1-2-12(5-10(9)4-11)16-7-13-6-15-8-17-13/h1-2,5-6,8,11H,3-4,7,14H2. The molecular weight excluding hydrogens is 216 g/mol. The third-order valence-electron chi connectivity index (χ3n) is 3.01. The first-order chi connectivity index (χ1) is 8.31. The van der Waals surface area contributed by atoms with Gasteiger partial charge in [0.05, 0.1) is 6.20 Å². The van der Waals surface area contributed by atoms with Crippen molar-refractivity contribution < 1.29 is 9.15 Å². The minimum Gasteiger partial charge on any atom is -0.486 e. The lowest BCUT2D eigenvalue weighted by molar-refractivity contribution is 0.270. The number of benzene rings is 1. The monoisotopic (exact) mass is 230 g/mol. The van der Waals surface area contributed by atoms with Crippen molar-refractivity contribution in [2.24, 2.45) is 5.73 Å². The van der Waals surface area contributed by atoms with Crippen LogP contribution in [0.2, 0.25) is 0 Å². The normalized spacial score (nSPS) is 18.1. The summed E-state index contributed by atoms with van der Waals surface area (Å²) in [4.78, 5) is 3.84. The number of rotatable bonds is 3. The van der Waals surface area contributed by atoms with Gasteiger partial charge in [-0.05, 0) is 36.1 Å². The van der Waals surface area contributed by atoms with Gasteiger partial charge in [0.25, 0.3) is 0 Å². The Hall–Kier alpha value is -1.81. The molecule has 0 radical (unpaired) electrons. The summed E-state index contributed by atoms with van der Waals surface area (Å²) in [5, 5.41) is 0. The molecule has 0 fully saturated rings. The predicted molar refractivity (Wildman–Crippen MR) is 62.7 cm³/mol. The highest BCUT2D eigenvalue weighted by atomic mass is 16.5. The zero-order chi connectivity index (χ0) is 11.7. The first-order valence-corrected chi connectivity index (χ1v) is 5.69. The number of nitrogens with two attached hydrogens (primary N) is 1. The lowest BCUT2D eigenvalue weighted by Gasteiger charge is -2.06. The first kappa shape index (κ1) is 10.4. The quantitative estimate of drug-likeness (QED) is 0.871. The zero-order valence-electron chi connectivity index (χ0n) is 9.43. The van der Waals surface area contributed by atoms with Crippen molar-refractivity contribution in [1.82, 2.24) is 4.98 Å². The Morgan fingerprint density at radius 1 is 1.35 bits per heavy atom. The molecule has 4 nitrogen and oxygen atoms in total. The molecule has 2 N–H and O–H groups in total. The van der Waals surface area contributed by atoms with Gasteiger partial charge in [0.2, 0.25) is 0 Å². The first-order valence-electron chi connectivity index (χ1n) is 5.69. The molecule has 0 saturated carbocycles. The summed E-state index contributed by atoms with van der Waals surface area (Å²) in [5.41, 5.74) is 8.56. The van der Waals surface area contributed by atoms with Crippen molar-refractivity contribution in [3.8, 4) is 5.75 Å². The van der Waals surface area contributed by atoms with Gasteiger partial charge in [0, 0.05) is 6.04 Å². The minimum atomic E-state index is 0.259. The molecule has 4 heteroatoms. The summed E-state index contributed by atoms with van der Waals surface area (Å²) in [6.07, 6.45) is 4.97. The van der Waals surface area contributed by atoms with E-state index in [1.54, 1.807) is 6.20 Å². The van der Waals surface area contributed by atoms with Gasteiger partial charge in [0.1, 0.15) is 12.4 Å². The Morgan fingerprint density at radius 2 is 2.24 bits per heavy atom. The molecule has 0 bridgehead atoms. The van der Waals surface area contributed by atoms with E-state index in [1.165, 1.54) is 17.5 Å². The van der Waals surface area contributed by atoms with E-state index in [9.17, 15) is 0 Å². The number of fused-ring (bicyclic) bond motifs is 1. The molecule has 0 saturated heterocycles. The fourth-order valence-electron chi connectivity index (χ4n) is 2.19. The second-order valence-corrected chi connectivity index (χ2v) is 4.36. The van der Waals surface area contributed by atoms with E-state index in [2.05, 4.69) is 17.1 Å². The highest BCUT2D eigenvalue weighted by molar-refractivity contribution is 5.39. The number of nitrogens with zero attached hydrogens (tertiary/aromatic N) is 1. The minimum absolute atomic E-state index is 0.259. The number of aromatic nitrogens is 1. The summed E-state index contributed by atoms with van der Waals surface area (Å²) in [6.45, 7) is 0.408. The summed E-state index contributed by atoms with van der Waals surface area (Å²) in [5.74, 6) is 1.58. The second kappa shape index (κ2) is 4.22. The number of hydrogen-bond acceptors (Lipinski definition) is 4. The fraction of sp³-hybridized carbons (Fsp3) is 0.308. The van der Waals surface area contributed by atoms with Crippen molar-refractivity contribution in [3.63, 3.8) is 0 Å². The average molecular weight is 230 g/mol. The van der Waals surface area contributed by atoms with Crippen molar-refractivity contribution in [1.29, 1.82) is 0 Å². The van der Waals surface area contributed by atoms with Crippen LogP contribution in [0, 0.1) is 0 Å². The molecule has 3 rings (SSSR count). The molecule has 0 aliphatic heterocycles. The van der Waals surface area contributed by atoms with Gasteiger partial charge in [-0.15, -0.1) is 0 Å². The van der Waals surface area contributed by atoms with Crippen LogP contribution in [-0.4, -0.2) is 11.0 Å². The molecule has 1 unspecified atom stereocenters. The molecule has 1 aliphatic carbocycles. The fourth-order valence-corrected chi connectivity index (χ4v) is 2.19. The van der Waals surface area contributed by atoms with Crippen molar-refractivity contribution in [3.05, 3.63) is 47.7 Å². The SMILES string of the molecule is NC1Cc2ccc(OCc3cnco3)cc2C1. The molecule has 0 amide bonds. The van der Waals surface area contributed by atoms with E-state index in [4.69, 9.17) is 14.9 Å². The maximum Gasteiger partial charge on any atom is 0.181 e. The van der Waals surface area contributed by atoms with Crippen LogP contribution >= 0.6 is 0 Å². The highest BCUT2D eigenvalue weighted by Gasteiger charge is 2.18. The van der Waals surface area contributed by atoms with E-state index < -0.39 is 0 Å². The lowest BCUT2D eigenvalue weighted by Crippen LogP contribution is -2.18. The summed E-state index contributed by atoms with van der Waals surface area (Å²) in [7, 11) is 0. The van der Waals surface area contributed by atoms with Crippen LogP contribution < -0.4 is 10.5 Å². The molecule has 0 spiro atoms. The smallest absolute Gasteiger partial charge is 0.181 e. The molecule has 17 heavy (non-hydrogen) atoms. The molecule has 1 atom stereocenters. The van der Waals surface area contributed by atoms with Crippen molar-refractivity contribution in [2.45, 2.75) is 25.5 Å². The van der Waals surface area contributed by atoms with Crippen LogP contribution in [0.4, 0.5) is 0 Å². The van der Waals surface area contributed by atoms with E-state index in [0.29, 0.717) is 6.61 Å². The second-order valence-electron chi connectivity index (χ2n) is 4.36. The van der Waals surface area contributed by atoms with Gasteiger partial charge >= 0.3 is 0 Å². The van der Waals surface area contributed by atoms with Gasteiger partial charge in [-0.1, -0.05) is 6.07 Å². The van der Waals surface area contributed by atoms with Crippen LogP contribution in [0.25, 0.3) is 0 Å². The van der Waals surface area contributed by atoms with Crippen LogP contribution in [0.1, 0.15) is 16.9 Å². The third kappa shape index (κ3) is 2.17. The third-order valence-corrected chi connectivity index (χ3v) is 3.01. The van der Waals surface area contributed by atoms with Crippen LogP contribution in [0.5, 0.6) is 5.75 Å². The summed E-state index contributed by atoms with van der Waals surface area (Å²) in [6, 6.07) is 6.40. The molecule has 1 aromatic carbocycles. The molecular formula is C13H14N2O2. The van der Waals surface area contributed by atoms with Gasteiger partial charge in [-0.25, -0.2) is 4.98 Å². The predicted octanol–water partition coefficient (Wildman–Crippen LogP) is 1.68. The Kier molecular flexibility index (Phi) is 2.57. The Bertz CT molecular complexity index is 508. The Morgan fingerprint density at radius 3 is 3.06 bits per heavy atom. The summed E-state index contributed by atoms with van der Waals surface area (Å²) < 4.78 is 10.7. The van der Waals surface area contributed by atoms with Gasteiger partial charge < -0.3 is 14.9 Å². The highest BCUT2D eigenvalue weighted by Crippen LogP contribution is 2.26. The van der Waals surface area contributed by atoms with Crippen molar-refractivity contribution in [2.75, 3.05) is 0 Å². The molecule has 2 aromatic rings. The van der Waals surface area contributed by atoms with Gasteiger partial charge in [0.15, 0.2) is 12.2 Å². The van der Waals surface area contributed by atoms with Gasteiger partial charge in [-0.2, -0.15) is 0 Å². The van der Waals surface area contributed by atoms with Crippen LogP contribution in [0.3, 0.4) is 0 Å². The van der Waals surface area contributed by atoms with Gasteiger partial charge in [-0.3, -0.25) is 0 Å². The van der Waals surface area contributed by atoms with E-state index in [-0.39, 0.29) is 6.04 Å². The summed E-state index contributed by atoms with van der Waals surface area (Å²) >= 11 is 0. The Labute approximate surface area is 99.4 Å². The van der Waals surface area contributed by atoms with Crippen molar-refractivity contribution >= 4 is 0 Å². The molecule has 88 valence electrons. The van der Waals surface area contributed by atoms with E-state index in [1.807, 2.05) is 6.07 Å². The lowest BCUT2D eigenvalue weighted by atomic mass is 10.1. The Balaban J connectivity index is 1.70. The van der Waals surface area contributed by atoms with E-state index in [0.717, 1.165) is 24.4 Å². The molecule has 1 aromatic heterocycles. The number of hydrogen-bond donors (Lipinski definition) is 1. The maximum absolute atomic E-state index is 5.92. The number of ether oxygens (including phenoxy) is 1. The maximum atomic E-state index is 5.92. The molecule has 1 aliphatic rings. The molecule has 1 heterocycles. The zero-order valence-corrected chi connectivity index (χ0v) is 9.43. The topological polar surface area (TPSA) is 61.3 Å². The van der Waals surface area contributed by atoms with E-state index >= 15 is 0 Å². The largest absolute Gasteiger partial charge is 0.486 e. The number of oxazole rings is 1. The van der Waals surface area contributed by atoms with Crippen LogP contribution in [-0.2, 0) is 19.4 Å².